The van der Waals surface area contributed by atoms with Crippen LogP contribution in [0.4, 0.5) is 0 Å². The van der Waals surface area contributed by atoms with E-state index in [9.17, 15) is 13.2 Å². The van der Waals surface area contributed by atoms with Gasteiger partial charge >= 0.3 is 0 Å². The Labute approximate surface area is 207 Å². The van der Waals surface area contributed by atoms with Crippen molar-refractivity contribution in [3.63, 3.8) is 0 Å². The SMILES string of the molecule is Cc1ccc(S(=O)(=O)N[C@@H](CC(C)C)C(=O)N/N=C\c2ccccc2OCc2ccccc2)cc1. The number of ether oxygens (including phenoxy) is 1. The van der Waals surface area contributed by atoms with E-state index in [1.54, 1.807) is 12.1 Å². The summed E-state index contributed by atoms with van der Waals surface area (Å²) in [6, 6.07) is 22.6. The first-order valence-electron chi connectivity index (χ1n) is 11.4. The van der Waals surface area contributed by atoms with Crippen molar-refractivity contribution in [2.24, 2.45) is 11.0 Å². The predicted octanol–water partition coefficient (Wildman–Crippen LogP) is 4.42. The predicted molar refractivity (Wildman–Crippen MR) is 138 cm³/mol. The summed E-state index contributed by atoms with van der Waals surface area (Å²) in [6.45, 7) is 6.12. The van der Waals surface area contributed by atoms with E-state index >= 15 is 0 Å². The number of nitrogens with zero attached hydrogens (tertiary/aromatic N) is 1. The Balaban J connectivity index is 1.67. The number of amides is 1. The van der Waals surface area contributed by atoms with Crippen molar-refractivity contribution in [1.82, 2.24) is 10.1 Å². The Kier molecular flexibility index (Phi) is 9.17. The largest absolute Gasteiger partial charge is 0.488 e. The van der Waals surface area contributed by atoms with Gasteiger partial charge in [0.1, 0.15) is 18.4 Å². The molecule has 3 rings (SSSR count). The fraction of sp³-hybridized carbons (Fsp3) is 0.259. The molecule has 0 spiro atoms. The molecule has 0 aliphatic carbocycles. The van der Waals surface area contributed by atoms with Crippen LogP contribution in [0.15, 0.2) is 88.9 Å². The fourth-order valence-corrected chi connectivity index (χ4v) is 4.56. The zero-order chi connectivity index (χ0) is 25.3. The average molecular weight is 494 g/mol. The van der Waals surface area contributed by atoms with Gasteiger partial charge in [0.2, 0.25) is 10.0 Å². The summed E-state index contributed by atoms with van der Waals surface area (Å²) in [4.78, 5) is 13.0. The summed E-state index contributed by atoms with van der Waals surface area (Å²) in [6.07, 6.45) is 1.81. The van der Waals surface area contributed by atoms with E-state index in [2.05, 4.69) is 15.2 Å². The van der Waals surface area contributed by atoms with Crippen LogP contribution < -0.4 is 14.9 Å². The van der Waals surface area contributed by atoms with E-state index in [0.717, 1.165) is 11.1 Å². The number of hydrogen-bond acceptors (Lipinski definition) is 5. The molecule has 0 aliphatic heterocycles. The monoisotopic (exact) mass is 493 g/mol. The second kappa shape index (κ2) is 12.3. The number of hydrazone groups is 1. The van der Waals surface area contributed by atoms with Gasteiger partial charge in [-0.05, 0) is 49.1 Å². The molecular formula is C27H31N3O4S. The maximum Gasteiger partial charge on any atom is 0.258 e. The minimum absolute atomic E-state index is 0.0857. The molecule has 0 radical (unpaired) electrons. The van der Waals surface area contributed by atoms with Crippen molar-refractivity contribution >= 4 is 22.1 Å². The summed E-state index contributed by atoms with van der Waals surface area (Å²) in [7, 11) is -3.87. The molecule has 7 nitrogen and oxygen atoms in total. The van der Waals surface area contributed by atoms with Crippen LogP contribution in [-0.4, -0.2) is 26.6 Å². The van der Waals surface area contributed by atoms with Crippen molar-refractivity contribution in [3.8, 4) is 5.75 Å². The van der Waals surface area contributed by atoms with Gasteiger partial charge in [-0.15, -0.1) is 0 Å². The second-order valence-electron chi connectivity index (χ2n) is 8.66. The summed E-state index contributed by atoms with van der Waals surface area (Å²) in [5.41, 5.74) is 5.13. The first-order valence-corrected chi connectivity index (χ1v) is 12.9. The molecule has 8 heteroatoms. The van der Waals surface area contributed by atoms with E-state index in [1.165, 1.54) is 18.3 Å². The third kappa shape index (κ3) is 8.05. The summed E-state index contributed by atoms with van der Waals surface area (Å²) < 4.78 is 34.1. The van der Waals surface area contributed by atoms with Crippen molar-refractivity contribution in [3.05, 3.63) is 95.6 Å². The third-order valence-corrected chi connectivity index (χ3v) is 6.67. The number of carbonyl (C=O) groups is 1. The summed E-state index contributed by atoms with van der Waals surface area (Å²) in [5, 5.41) is 4.06. The topological polar surface area (TPSA) is 96.9 Å². The molecule has 1 atom stereocenters. The average Bonchev–Trinajstić information content (AvgIpc) is 2.83. The van der Waals surface area contributed by atoms with Crippen LogP contribution in [0, 0.1) is 12.8 Å². The van der Waals surface area contributed by atoms with E-state index < -0.39 is 22.0 Å². The quantitative estimate of drug-likeness (QED) is 0.305. The number of hydrogen-bond donors (Lipinski definition) is 2. The molecule has 2 N–H and O–H groups in total. The lowest BCUT2D eigenvalue weighted by Gasteiger charge is -2.19. The maximum atomic E-state index is 12.8. The number of sulfonamides is 1. The number of benzene rings is 3. The first-order chi connectivity index (χ1) is 16.7. The number of carbonyl (C=O) groups excluding carboxylic acids is 1. The molecule has 3 aromatic rings. The number of nitrogens with one attached hydrogen (secondary N) is 2. The fourth-order valence-electron chi connectivity index (χ4n) is 3.35. The van der Waals surface area contributed by atoms with Crippen LogP contribution in [0.3, 0.4) is 0 Å². The Bertz CT molecular complexity index is 1240. The van der Waals surface area contributed by atoms with Crippen LogP contribution in [0.1, 0.15) is 37.0 Å². The van der Waals surface area contributed by atoms with Crippen molar-refractivity contribution < 1.29 is 17.9 Å². The van der Waals surface area contributed by atoms with Gasteiger partial charge < -0.3 is 4.74 Å². The van der Waals surface area contributed by atoms with E-state index in [0.29, 0.717) is 24.3 Å². The first kappa shape index (κ1) is 26.1. The molecule has 0 saturated heterocycles. The van der Waals surface area contributed by atoms with Gasteiger partial charge in [0.05, 0.1) is 11.1 Å². The normalized spacial score (nSPS) is 12.6. The summed E-state index contributed by atoms with van der Waals surface area (Å²) in [5.74, 6) is 0.170. The van der Waals surface area contributed by atoms with Crippen molar-refractivity contribution in [2.45, 2.75) is 44.7 Å². The summed E-state index contributed by atoms with van der Waals surface area (Å²) >= 11 is 0. The Morgan fingerprint density at radius 2 is 1.63 bits per heavy atom. The van der Waals surface area contributed by atoms with E-state index in [4.69, 9.17) is 4.74 Å². The lowest BCUT2D eigenvalue weighted by molar-refractivity contribution is -0.123. The minimum Gasteiger partial charge on any atom is -0.488 e. The lowest BCUT2D eigenvalue weighted by atomic mass is 10.0. The highest BCUT2D eigenvalue weighted by atomic mass is 32.2. The van der Waals surface area contributed by atoms with Gasteiger partial charge in [0, 0.05) is 5.56 Å². The molecule has 0 fully saturated rings. The lowest BCUT2D eigenvalue weighted by Crippen LogP contribution is -2.46. The molecule has 0 saturated carbocycles. The van der Waals surface area contributed by atoms with Crippen LogP contribution in [-0.2, 0) is 21.4 Å². The van der Waals surface area contributed by atoms with Crippen LogP contribution >= 0.6 is 0 Å². The van der Waals surface area contributed by atoms with E-state index in [1.807, 2.05) is 75.4 Å². The Morgan fingerprint density at radius 3 is 2.31 bits per heavy atom. The molecule has 184 valence electrons. The van der Waals surface area contributed by atoms with Crippen molar-refractivity contribution in [1.29, 1.82) is 0 Å². The molecule has 0 aromatic heterocycles. The van der Waals surface area contributed by atoms with Gasteiger partial charge in [0.15, 0.2) is 0 Å². The molecule has 3 aromatic carbocycles. The molecule has 0 unspecified atom stereocenters. The van der Waals surface area contributed by atoms with Crippen molar-refractivity contribution in [2.75, 3.05) is 0 Å². The number of aryl methyl sites for hydroxylation is 1. The van der Waals surface area contributed by atoms with Gasteiger partial charge in [-0.3, -0.25) is 4.79 Å². The molecule has 35 heavy (non-hydrogen) atoms. The van der Waals surface area contributed by atoms with Gasteiger partial charge in [-0.25, -0.2) is 13.8 Å². The highest BCUT2D eigenvalue weighted by Gasteiger charge is 2.26. The molecule has 1 amide bonds. The molecule has 0 aliphatic rings. The molecular weight excluding hydrogens is 462 g/mol. The zero-order valence-corrected chi connectivity index (χ0v) is 21.0. The minimum atomic E-state index is -3.87. The van der Waals surface area contributed by atoms with Gasteiger partial charge in [-0.2, -0.15) is 9.82 Å². The van der Waals surface area contributed by atoms with Crippen LogP contribution in [0.25, 0.3) is 0 Å². The molecule has 0 bridgehead atoms. The number of para-hydroxylation sites is 1. The highest BCUT2D eigenvalue weighted by molar-refractivity contribution is 7.89. The number of rotatable bonds is 11. The maximum absolute atomic E-state index is 12.8. The van der Waals surface area contributed by atoms with Crippen LogP contribution in [0.2, 0.25) is 0 Å². The van der Waals surface area contributed by atoms with Gasteiger partial charge in [0.25, 0.3) is 5.91 Å². The Morgan fingerprint density at radius 1 is 0.971 bits per heavy atom. The smallest absolute Gasteiger partial charge is 0.258 e. The standard InChI is InChI=1S/C27H31N3O4S/c1-20(2)17-25(30-35(32,33)24-15-13-21(3)14-16-24)27(31)29-28-18-23-11-7-8-12-26(23)34-19-22-9-5-4-6-10-22/h4-16,18,20,25,30H,17,19H2,1-3H3,(H,29,31)/b28-18-/t25-/m0/s1. The molecule has 0 heterocycles. The Hall–Kier alpha value is -3.49. The van der Waals surface area contributed by atoms with Crippen LogP contribution in [0.5, 0.6) is 5.75 Å². The highest BCUT2D eigenvalue weighted by Crippen LogP contribution is 2.18. The second-order valence-corrected chi connectivity index (χ2v) is 10.4. The zero-order valence-electron chi connectivity index (χ0n) is 20.1. The van der Waals surface area contributed by atoms with Gasteiger partial charge in [-0.1, -0.05) is 74.0 Å². The van der Waals surface area contributed by atoms with E-state index in [-0.39, 0.29) is 10.8 Å². The third-order valence-electron chi connectivity index (χ3n) is 5.19.